The zero-order chi connectivity index (χ0) is 11.0. The van der Waals surface area contributed by atoms with E-state index < -0.39 is 4.92 Å². The Morgan fingerprint density at radius 1 is 1.40 bits per heavy atom. The van der Waals surface area contributed by atoms with Gasteiger partial charge in [-0.3, -0.25) is 10.1 Å². The van der Waals surface area contributed by atoms with Crippen molar-refractivity contribution in [3.8, 4) is 5.75 Å². The molecule has 6 heteroatoms. The summed E-state index contributed by atoms with van der Waals surface area (Å²) in [7, 11) is 0. The Kier molecular flexibility index (Phi) is 2.12. The summed E-state index contributed by atoms with van der Waals surface area (Å²) in [6, 6.07) is 5.78. The summed E-state index contributed by atoms with van der Waals surface area (Å²) in [5.74, 6) is -0.0358. The van der Waals surface area contributed by atoms with Crippen molar-refractivity contribution >= 4 is 28.8 Å². The van der Waals surface area contributed by atoms with Crippen LogP contribution in [0.5, 0.6) is 5.75 Å². The maximum absolute atomic E-state index is 10.5. The number of pyridine rings is 1. The Morgan fingerprint density at radius 3 is 2.80 bits per heavy atom. The summed E-state index contributed by atoms with van der Waals surface area (Å²) in [5.41, 5.74) is 0.519. The van der Waals surface area contributed by atoms with Gasteiger partial charge in [-0.15, -0.1) is 0 Å². The molecule has 0 saturated heterocycles. The number of H-pyrrole nitrogens is 1. The Hall–Kier alpha value is -1.95. The van der Waals surface area contributed by atoms with E-state index >= 15 is 0 Å². The van der Waals surface area contributed by atoms with Gasteiger partial charge in [0.25, 0.3) is 5.69 Å². The number of nitro groups is 1. The average Bonchev–Trinajstić information content (AvgIpc) is 2.19. The van der Waals surface area contributed by atoms with Crippen LogP contribution in [-0.4, -0.2) is 15.0 Å². The third-order valence-electron chi connectivity index (χ3n) is 2.02. The van der Waals surface area contributed by atoms with Gasteiger partial charge in [-0.25, -0.2) is 0 Å². The molecular weight excluding hydrogens is 216 g/mol. The van der Waals surface area contributed by atoms with Crippen LogP contribution in [-0.2, 0) is 0 Å². The number of nitrogens with zero attached hydrogens (tertiary/aromatic N) is 1. The third-order valence-corrected chi connectivity index (χ3v) is 2.33. The van der Waals surface area contributed by atoms with Crippen LogP contribution in [0.3, 0.4) is 0 Å². The lowest BCUT2D eigenvalue weighted by molar-refractivity contribution is -0.384. The second-order valence-electron chi connectivity index (χ2n) is 3.01. The SMILES string of the molecule is O=[N+]([O-])c1ccc2cc(O)c(=S)[nH]c2c1. The topological polar surface area (TPSA) is 79.2 Å². The van der Waals surface area contributed by atoms with E-state index in [1.165, 1.54) is 18.2 Å². The molecule has 0 aliphatic carbocycles. The van der Waals surface area contributed by atoms with Crippen LogP contribution < -0.4 is 0 Å². The first kappa shape index (κ1) is 9.60. The molecule has 0 aliphatic heterocycles. The molecular formula is C9H6N2O3S. The maximum Gasteiger partial charge on any atom is 0.271 e. The minimum atomic E-state index is -0.483. The van der Waals surface area contributed by atoms with Gasteiger partial charge in [0.15, 0.2) is 5.75 Å². The third kappa shape index (κ3) is 1.66. The molecule has 2 aromatic rings. The number of benzene rings is 1. The minimum Gasteiger partial charge on any atom is -0.505 e. The number of fused-ring (bicyclic) bond motifs is 1. The summed E-state index contributed by atoms with van der Waals surface area (Å²) in [4.78, 5) is 12.7. The van der Waals surface area contributed by atoms with Crippen LogP contribution in [0, 0.1) is 14.8 Å². The van der Waals surface area contributed by atoms with Gasteiger partial charge >= 0.3 is 0 Å². The second-order valence-corrected chi connectivity index (χ2v) is 3.42. The van der Waals surface area contributed by atoms with Gasteiger partial charge in [-0.1, -0.05) is 12.2 Å². The van der Waals surface area contributed by atoms with Crippen LogP contribution in [0.25, 0.3) is 10.9 Å². The Morgan fingerprint density at radius 2 is 2.13 bits per heavy atom. The van der Waals surface area contributed by atoms with Gasteiger partial charge in [-0.2, -0.15) is 0 Å². The Balaban J connectivity index is 2.77. The van der Waals surface area contributed by atoms with E-state index in [4.69, 9.17) is 12.2 Å². The lowest BCUT2D eigenvalue weighted by Crippen LogP contribution is -1.88. The molecule has 1 aromatic carbocycles. The van der Waals surface area contributed by atoms with Crippen molar-refractivity contribution < 1.29 is 10.0 Å². The molecule has 76 valence electrons. The lowest BCUT2D eigenvalue weighted by atomic mass is 10.2. The molecule has 15 heavy (non-hydrogen) atoms. The molecule has 2 rings (SSSR count). The molecule has 0 saturated carbocycles. The van der Waals surface area contributed by atoms with Crippen molar-refractivity contribution in [2.75, 3.05) is 0 Å². The minimum absolute atomic E-state index is 0.0150. The van der Waals surface area contributed by atoms with E-state index in [1.54, 1.807) is 6.07 Å². The number of nitrogens with one attached hydrogen (secondary N) is 1. The van der Waals surface area contributed by atoms with E-state index in [0.29, 0.717) is 10.9 Å². The Bertz CT molecular complexity index is 606. The van der Waals surface area contributed by atoms with E-state index in [9.17, 15) is 15.2 Å². The molecule has 0 radical (unpaired) electrons. The highest BCUT2D eigenvalue weighted by Crippen LogP contribution is 2.22. The second kappa shape index (κ2) is 3.32. The number of aromatic hydroxyl groups is 1. The van der Waals surface area contributed by atoms with Crippen molar-refractivity contribution in [1.82, 2.24) is 4.98 Å². The van der Waals surface area contributed by atoms with Gasteiger partial charge in [0, 0.05) is 17.5 Å². The molecule has 0 bridgehead atoms. The van der Waals surface area contributed by atoms with E-state index in [0.717, 1.165) is 0 Å². The van der Waals surface area contributed by atoms with Crippen LogP contribution in [0.15, 0.2) is 24.3 Å². The number of rotatable bonds is 1. The van der Waals surface area contributed by atoms with Gasteiger partial charge in [0.1, 0.15) is 4.64 Å². The van der Waals surface area contributed by atoms with Crippen LogP contribution in [0.2, 0.25) is 0 Å². The van der Waals surface area contributed by atoms with E-state index in [1.807, 2.05) is 0 Å². The first-order valence-corrected chi connectivity index (χ1v) is 4.49. The number of hydrogen-bond acceptors (Lipinski definition) is 4. The van der Waals surface area contributed by atoms with Gasteiger partial charge < -0.3 is 10.1 Å². The summed E-state index contributed by atoms with van der Waals surface area (Å²) >= 11 is 4.81. The average molecular weight is 222 g/mol. The molecule has 0 unspecified atom stereocenters. The zero-order valence-electron chi connectivity index (χ0n) is 7.43. The fourth-order valence-electron chi connectivity index (χ4n) is 1.29. The van der Waals surface area contributed by atoms with Gasteiger partial charge in [-0.05, 0) is 12.1 Å². The molecule has 0 atom stereocenters. The van der Waals surface area contributed by atoms with E-state index in [-0.39, 0.29) is 16.1 Å². The monoisotopic (exact) mass is 222 g/mol. The van der Waals surface area contributed by atoms with E-state index in [2.05, 4.69) is 4.98 Å². The summed E-state index contributed by atoms with van der Waals surface area (Å²) in [6.45, 7) is 0. The summed E-state index contributed by atoms with van der Waals surface area (Å²) in [5, 5.41) is 20.5. The predicted octanol–water partition coefficient (Wildman–Crippen LogP) is 2.51. The highest BCUT2D eigenvalue weighted by molar-refractivity contribution is 7.71. The van der Waals surface area contributed by atoms with Gasteiger partial charge in [0.05, 0.1) is 10.4 Å². The number of nitro benzene ring substituents is 1. The molecule has 0 amide bonds. The maximum atomic E-state index is 10.5. The number of aromatic amines is 1. The highest BCUT2D eigenvalue weighted by atomic mass is 32.1. The first-order valence-electron chi connectivity index (χ1n) is 4.08. The number of aromatic nitrogens is 1. The number of hydrogen-bond donors (Lipinski definition) is 2. The predicted molar refractivity (Wildman–Crippen MR) is 57.5 cm³/mol. The fraction of sp³-hybridized carbons (Fsp3) is 0. The molecule has 0 spiro atoms. The van der Waals surface area contributed by atoms with Crippen molar-refractivity contribution in [2.24, 2.45) is 0 Å². The fourth-order valence-corrected chi connectivity index (χ4v) is 1.46. The van der Waals surface area contributed by atoms with Crippen molar-refractivity contribution in [3.05, 3.63) is 39.0 Å². The normalized spacial score (nSPS) is 10.4. The molecule has 1 aromatic heterocycles. The molecule has 1 heterocycles. The largest absolute Gasteiger partial charge is 0.505 e. The standard InChI is InChI=1S/C9H6N2O3S/c12-8-3-5-1-2-6(11(13)14)4-7(5)10-9(8)15/h1-4,12H,(H,10,15). The Labute approximate surface area is 89.1 Å². The lowest BCUT2D eigenvalue weighted by Gasteiger charge is -1.99. The van der Waals surface area contributed by atoms with Crippen molar-refractivity contribution in [3.63, 3.8) is 0 Å². The zero-order valence-corrected chi connectivity index (χ0v) is 8.25. The van der Waals surface area contributed by atoms with Crippen molar-refractivity contribution in [2.45, 2.75) is 0 Å². The van der Waals surface area contributed by atoms with Crippen LogP contribution in [0.4, 0.5) is 5.69 Å². The van der Waals surface area contributed by atoms with Crippen molar-refractivity contribution in [1.29, 1.82) is 0 Å². The first-order chi connectivity index (χ1) is 7.08. The summed E-state index contributed by atoms with van der Waals surface area (Å²) < 4.78 is 0.169. The molecule has 0 aliphatic rings. The van der Waals surface area contributed by atoms with Gasteiger partial charge in [0.2, 0.25) is 0 Å². The highest BCUT2D eigenvalue weighted by Gasteiger charge is 2.06. The smallest absolute Gasteiger partial charge is 0.271 e. The summed E-state index contributed by atoms with van der Waals surface area (Å²) in [6.07, 6.45) is 0. The van der Waals surface area contributed by atoms with Crippen LogP contribution in [0.1, 0.15) is 0 Å². The molecule has 5 nitrogen and oxygen atoms in total. The molecule has 2 N–H and O–H groups in total. The number of non-ortho nitro benzene ring substituents is 1. The molecule has 0 fully saturated rings. The quantitative estimate of drug-likeness (QED) is 0.441. The van der Waals surface area contributed by atoms with Crippen LogP contribution >= 0.6 is 12.2 Å².